The van der Waals surface area contributed by atoms with Crippen LogP contribution in [0.15, 0.2) is 66.7 Å². The van der Waals surface area contributed by atoms with Gasteiger partial charge in [-0.3, -0.25) is 9.69 Å². The molecule has 5 rings (SSSR count). The molecule has 162 valence electrons. The number of para-hydroxylation sites is 2. The van der Waals surface area contributed by atoms with E-state index < -0.39 is 6.04 Å². The first-order valence-electron chi connectivity index (χ1n) is 10.6. The van der Waals surface area contributed by atoms with E-state index in [0.29, 0.717) is 29.4 Å². The molecule has 0 saturated carbocycles. The van der Waals surface area contributed by atoms with Crippen LogP contribution in [-0.4, -0.2) is 29.3 Å². The fourth-order valence-corrected chi connectivity index (χ4v) is 4.65. The Kier molecular flexibility index (Phi) is 4.78. The molecule has 4 aromatic rings. The van der Waals surface area contributed by atoms with E-state index in [1.807, 2.05) is 79.2 Å². The lowest BCUT2D eigenvalue weighted by Crippen LogP contribution is -2.29. The van der Waals surface area contributed by atoms with Gasteiger partial charge in [-0.25, -0.2) is 0 Å². The first-order chi connectivity index (χ1) is 15.6. The van der Waals surface area contributed by atoms with E-state index in [1.54, 1.807) is 18.1 Å². The molecule has 6 nitrogen and oxygen atoms in total. The standard InChI is InChI=1S/C26H24N2O4/c1-4-32-21-11-7-9-19(25(21)29)23-22-18-8-5-6-10-20(18)27(2)24(22)26(30)28(23)16-12-14-17(31-3)15-13-16/h5-15,23,29H,4H2,1-3H3. The molecular formula is C26H24N2O4. The highest BCUT2D eigenvalue weighted by molar-refractivity contribution is 6.15. The molecule has 1 amide bonds. The summed E-state index contributed by atoms with van der Waals surface area (Å²) >= 11 is 0. The van der Waals surface area contributed by atoms with E-state index >= 15 is 0 Å². The van der Waals surface area contributed by atoms with Gasteiger partial charge in [0.05, 0.1) is 19.8 Å². The SMILES string of the molecule is CCOc1cccc(C2c3c(n(C)c4ccccc34)C(=O)N2c2ccc(OC)cc2)c1O. The smallest absolute Gasteiger partial charge is 0.276 e. The number of nitrogens with zero attached hydrogens (tertiary/aromatic N) is 2. The summed E-state index contributed by atoms with van der Waals surface area (Å²) in [5.74, 6) is 1.04. The number of fused-ring (bicyclic) bond motifs is 3. The van der Waals surface area contributed by atoms with Crippen LogP contribution in [0.1, 0.15) is 34.6 Å². The normalized spacial score (nSPS) is 15.3. The maximum Gasteiger partial charge on any atom is 0.276 e. The van der Waals surface area contributed by atoms with Crippen molar-refractivity contribution in [1.29, 1.82) is 0 Å². The van der Waals surface area contributed by atoms with E-state index in [-0.39, 0.29) is 11.7 Å². The molecule has 0 bridgehead atoms. The Morgan fingerprint density at radius 1 is 1.00 bits per heavy atom. The fourth-order valence-electron chi connectivity index (χ4n) is 4.65. The Labute approximate surface area is 186 Å². The summed E-state index contributed by atoms with van der Waals surface area (Å²) in [6, 6.07) is 20.3. The maximum atomic E-state index is 13.8. The van der Waals surface area contributed by atoms with Crippen molar-refractivity contribution in [1.82, 2.24) is 4.57 Å². The van der Waals surface area contributed by atoms with Crippen LogP contribution < -0.4 is 14.4 Å². The number of phenols is 1. The van der Waals surface area contributed by atoms with Crippen molar-refractivity contribution < 1.29 is 19.4 Å². The number of aromatic hydroxyl groups is 1. The average Bonchev–Trinajstić information content (AvgIpc) is 3.28. The number of amides is 1. The van der Waals surface area contributed by atoms with Crippen LogP contribution >= 0.6 is 0 Å². The van der Waals surface area contributed by atoms with Gasteiger partial charge in [-0.1, -0.05) is 30.3 Å². The third kappa shape index (κ3) is 2.83. The van der Waals surface area contributed by atoms with Crippen molar-refractivity contribution in [3.05, 3.63) is 83.6 Å². The van der Waals surface area contributed by atoms with Crippen LogP contribution in [0, 0.1) is 0 Å². The molecule has 0 aliphatic carbocycles. The number of methoxy groups -OCH3 is 1. The van der Waals surface area contributed by atoms with E-state index in [0.717, 1.165) is 22.2 Å². The number of hydrogen-bond donors (Lipinski definition) is 1. The monoisotopic (exact) mass is 428 g/mol. The molecule has 6 heteroatoms. The molecular weight excluding hydrogens is 404 g/mol. The van der Waals surface area contributed by atoms with E-state index in [9.17, 15) is 9.90 Å². The lowest BCUT2D eigenvalue weighted by molar-refractivity contribution is 0.0986. The summed E-state index contributed by atoms with van der Waals surface area (Å²) in [5, 5.41) is 12.1. The molecule has 1 aliphatic heterocycles. The summed E-state index contributed by atoms with van der Waals surface area (Å²) in [6.07, 6.45) is 0. The van der Waals surface area contributed by atoms with Crippen molar-refractivity contribution in [3.8, 4) is 17.2 Å². The minimum absolute atomic E-state index is 0.0476. The highest BCUT2D eigenvalue weighted by Gasteiger charge is 2.44. The number of aryl methyl sites for hydroxylation is 1. The van der Waals surface area contributed by atoms with Gasteiger partial charge in [0, 0.05) is 34.8 Å². The summed E-state index contributed by atoms with van der Waals surface area (Å²) in [6.45, 7) is 2.31. The molecule has 32 heavy (non-hydrogen) atoms. The van der Waals surface area contributed by atoms with Crippen LogP contribution in [0.5, 0.6) is 17.2 Å². The Morgan fingerprint density at radius 3 is 2.47 bits per heavy atom. The zero-order valence-corrected chi connectivity index (χ0v) is 18.2. The Morgan fingerprint density at radius 2 is 1.75 bits per heavy atom. The van der Waals surface area contributed by atoms with Crippen LogP contribution in [0.2, 0.25) is 0 Å². The van der Waals surface area contributed by atoms with Crippen molar-refractivity contribution in [2.45, 2.75) is 13.0 Å². The van der Waals surface area contributed by atoms with E-state index in [1.165, 1.54) is 0 Å². The van der Waals surface area contributed by atoms with Gasteiger partial charge in [0.1, 0.15) is 11.4 Å². The second-order valence-electron chi connectivity index (χ2n) is 7.74. The highest BCUT2D eigenvalue weighted by Crippen LogP contribution is 2.49. The Bertz CT molecular complexity index is 1320. The first-order valence-corrected chi connectivity index (χ1v) is 10.6. The van der Waals surface area contributed by atoms with Crippen molar-refractivity contribution in [2.24, 2.45) is 7.05 Å². The van der Waals surface area contributed by atoms with Crippen molar-refractivity contribution in [3.63, 3.8) is 0 Å². The van der Waals surface area contributed by atoms with Gasteiger partial charge in [0.15, 0.2) is 11.5 Å². The van der Waals surface area contributed by atoms with Gasteiger partial charge >= 0.3 is 0 Å². The second kappa shape index (κ2) is 7.64. The first kappa shape index (κ1) is 20.0. The number of rotatable bonds is 5. The lowest BCUT2D eigenvalue weighted by atomic mass is 9.96. The van der Waals surface area contributed by atoms with Crippen LogP contribution in [0.3, 0.4) is 0 Å². The zero-order chi connectivity index (χ0) is 22.4. The summed E-state index contributed by atoms with van der Waals surface area (Å²) < 4.78 is 12.9. The quantitative estimate of drug-likeness (QED) is 0.484. The highest BCUT2D eigenvalue weighted by atomic mass is 16.5. The number of benzene rings is 3. The molecule has 0 radical (unpaired) electrons. The summed E-state index contributed by atoms with van der Waals surface area (Å²) in [5.41, 5.74) is 3.82. The number of hydrogen-bond acceptors (Lipinski definition) is 4. The van der Waals surface area contributed by atoms with Gasteiger partial charge in [0.2, 0.25) is 0 Å². The molecule has 0 spiro atoms. The van der Waals surface area contributed by atoms with E-state index in [4.69, 9.17) is 9.47 Å². The Balaban J connectivity index is 1.78. The van der Waals surface area contributed by atoms with Gasteiger partial charge in [-0.2, -0.15) is 0 Å². The van der Waals surface area contributed by atoms with Gasteiger partial charge in [-0.15, -0.1) is 0 Å². The maximum absolute atomic E-state index is 13.8. The third-order valence-corrected chi connectivity index (χ3v) is 6.07. The zero-order valence-electron chi connectivity index (χ0n) is 18.2. The number of ether oxygens (including phenoxy) is 2. The van der Waals surface area contributed by atoms with Crippen LogP contribution in [0.4, 0.5) is 5.69 Å². The fraction of sp³-hybridized carbons (Fsp3) is 0.192. The molecule has 3 aromatic carbocycles. The lowest BCUT2D eigenvalue weighted by Gasteiger charge is -2.27. The van der Waals surface area contributed by atoms with Crippen molar-refractivity contribution >= 4 is 22.5 Å². The number of anilines is 1. The number of aromatic nitrogens is 1. The number of phenolic OH excluding ortho intramolecular Hbond substituents is 1. The average molecular weight is 428 g/mol. The van der Waals surface area contributed by atoms with Gasteiger partial charge < -0.3 is 19.1 Å². The predicted octanol–water partition coefficient (Wildman–Crippen LogP) is 5.04. The molecule has 1 N–H and O–H groups in total. The minimum atomic E-state index is -0.502. The molecule has 1 aliphatic rings. The molecule has 0 saturated heterocycles. The molecule has 1 atom stereocenters. The third-order valence-electron chi connectivity index (χ3n) is 6.07. The number of carbonyl (C=O) groups is 1. The molecule has 1 aromatic heterocycles. The molecule has 2 heterocycles. The topological polar surface area (TPSA) is 63.9 Å². The van der Waals surface area contributed by atoms with Gasteiger partial charge in [0.25, 0.3) is 5.91 Å². The van der Waals surface area contributed by atoms with Gasteiger partial charge in [-0.05, 0) is 43.3 Å². The Hall–Kier alpha value is -3.93. The van der Waals surface area contributed by atoms with Crippen LogP contribution in [-0.2, 0) is 7.05 Å². The van der Waals surface area contributed by atoms with Crippen molar-refractivity contribution in [2.75, 3.05) is 18.6 Å². The summed E-state index contributed by atoms with van der Waals surface area (Å²) in [7, 11) is 3.52. The second-order valence-corrected chi connectivity index (χ2v) is 7.74. The van der Waals surface area contributed by atoms with E-state index in [2.05, 4.69) is 0 Å². The molecule has 0 fully saturated rings. The summed E-state index contributed by atoms with van der Waals surface area (Å²) in [4.78, 5) is 15.5. The predicted molar refractivity (Wildman–Crippen MR) is 124 cm³/mol. The minimum Gasteiger partial charge on any atom is -0.504 e. The largest absolute Gasteiger partial charge is 0.504 e. The molecule has 1 unspecified atom stereocenters. The number of carbonyl (C=O) groups excluding carboxylic acids is 1. The van der Waals surface area contributed by atoms with Crippen LogP contribution in [0.25, 0.3) is 10.9 Å².